The summed E-state index contributed by atoms with van der Waals surface area (Å²) < 4.78 is 0. The van der Waals surface area contributed by atoms with Gasteiger partial charge in [0.25, 0.3) is 0 Å². The highest BCUT2D eigenvalue weighted by Crippen LogP contribution is 2.23. The van der Waals surface area contributed by atoms with Crippen LogP contribution >= 0.6 is 11.6 Å². The van der Waals surface area contributed by atoms with Gasteiger partial charge in [-0.3, -0.25) is 4.79 Å². The van der Waals surface area contributed by atoms with Crippen molar-refractivity contribution in [3.63, 3.8) is 0 Å². The van der Waals surface area contributed by atoms with Gasteiger partial charge in [0.2, 0.25) is 5.91 Å². The number of amides is 1. The van der Waals surface area contributed by atoms with E-state index in [1.807, 2.05) is 0 Å². The molecule has 1 fully saturated rings. The Labute approximate surface area is 91.4 Å². The molecule has 1 saturated carbocycles. The van der Waals surface area contributed by atoms with E-state index in [1.54, 1.807) is 6.92 Å². The van der Waals surface area contributed by atoms with Crippen LogP contribution < -0.4 is 5.32 Å². The molecule has 0 spiro atoms. The lowest BCUT2D eigenvalue weighted by molar-refractivity contribution is -0.121. The average Bonchev–Trinajstić information content (AvgIpc) is 2.32. The Morgan fingerprint density at radius 3 is 2.64 bits per heavy atom. The molecule has 82 valence electrons. The van der Waals surface area contributed by atoms with E-state index in [4.69, 9.17) is 11.6 Å². The second-order valence-corrected chi connectivity index (χ2v) is 5.00. The van der Waals surface area contributed by atoms with Crippen LogP contribution in [0.2, 0.25) is 0 Å². The van der Waals surface area contributed by atoms with Crippen LogP contribution in [0.15, 0.2) is 0 Å². The normalized spacial score (nSPS) is 30.5. The molecule has 0 saturated heterocycles. The quantitative estimate of drug-likeness (QED) is 0.559. The average molecular weight is 218 g/mol. The molecule has 0 bridgehead atoms. The van der Waals surface area contributed by atoms with Crippen molar-refractivity contribution in [3.8, 4) is 0 Å². The van der Waals surface area contributed by atoms with Gasteiger partial charge in [0.05, 0.1) is 0 Å². The zero-order valence-electron chi connectivity index (χ0n) is 9.05. The second-order valence-electron chi connectivity index (χ2n) is 4.35. The first-order chi connectivity index (χ1) is 6.61. The molecule has 3 heteroatoms. The molecule has 1 aliphatic carbocycles. The molecule has 0 heterocycles. The molecule has 1 rings (SSSR count). The number of carbonyl (C=O) groups is 1. The molecule has 14 heavy (non-hydrogen) atoms. The van der Waals surface area contributed by atoms with Crippen LogP contribution in [0.5, 0.6) is 0 Å². The third-order valence-electron chi connectivity index (χ3n) is 3.05. The lowest BCUT2D eigenvalue weighted by atomic mass is 9.97. The molecule has 0 aliphatic heterocycles. The van der Waals surface area contributed by atoms with Gasteiger partial charge in [-0.25, -0.2) is 0 Å². The fraction of sp³-hybridized carbons (Fsp3) is 0.909. The largest absolute Gasteiger partial charge is 0.352 e. The Bertz CT molecular complexity index is 194. The van der Waals surface area contributed by atoms with E-state index in [-0.39, 0.29) is 5.91 Å². The summed E-state index contributed by atoms with van der Waals surface area (Å²) in [7, 11) is 0. The van der Waals surface area contributed by atoms with Crippen molar-refractivity contribution < 1.29 is 4.79 Å². The number of halogens is 1. The topological polar surface area (TPSA) is 29.1 Å². The van der Waals surface area contributed by atoms with Crippen molar-refractivity contribution >= 4 is 17.5 Å². The van der Waals surface area contributed by atoms with Crippen LogP contribution in [-0.2, 0) is 4.79 Å². The Morgan fingerprint density at radius 2 is 2.00 bits per heavy atom. The van der Waals surface area contributed by atoms with Crippen molar-refractivity contribution in [2.45, 2.75) is 57.4 Å². The van der Waals surface area contributed by atoms with E-state index in [0.29, 0.717) is 12.0 Å². The maximum Gasteiger partial charge on any atom is 0.237 e. The van der Waals surface area contributed by atoms with E-state index in [1.165, 1.54) is 25.7 Å². The standard InChI is InChI=1S/C11H20ClNO/c1-8-6-4-3-5-7-10(8)13-11(14)9(2)12/h8-10H,3-7H2,1-2H3,(H,13,14). The summed E-state index contributed by atoms with van der Waals surface area (Å²) in [6, 6.07) is 0.339. The Hall–Kier alpha value is -0.240. The SMILES string of the molecule is CC(Cl)C(=O)NC1CCCCCC1C. The minimum atomic E-state index is -0.412. The Morgan fingerprint density at radius 1 is 1.36 bits per heavy atom. The summed E-state index contributed by atoms with van der Waals surface area (Å²) in [5.41, 5.74) is 0. The lowest BCUT2D eigenvalue weighted by Gasteiger charge is -2.23. The predicted octanol–water partition coefficient (Wildman–Crippen LogP) is 2.70. The van der Waals surface area contributed by atoms with Crippen molar-refractivity contribution in [3.05, 3.63) is 0 Å². The van der Waals surface area contributed by atoms with E-state index < -0.39 is 5.38 Å². The van der Waals surface area contributed by atoms with Gasteiger partial charge in [0.1, 0.15) is 5.38 Å². The number of hydrogen-bond donors (Lipinski definition) is 1. The summed E-state index contributed by atoms with van der Waals surface area (Å²) in [6.07, 6.45) is 6.15. The highest BCUT2D eigenvalue weighted by Gasteiger charge is 2.22. The highest BCUT2D eigenvalue weighted by atomic mass is 35.5. The van der Waals surface area contributed by atoms with Crippen molar-refractivity contribution in [2.75, 3.05) is 0 Å². The monoisotopic (exact) mass is 217 g/mol. The zero-order valence-corrected chi connectivity index (χ0v) is 9.81. The third-order valence-corrected chi connectivity index (χ3v) is 3.25. The molecular formula is C11H20ClNO. The van der Waals surface area contributed by atoms with Gasteiger partial charge < -0.3 is 5.32 Å². The minimum Gasteiger partial charge on any atom is -0.352 e. The summed E-state index contributed by atoms with van der Waals surface area (Å²) in [5.74, 6) is 0.572. The minimum absolute atomic E-state index is 0.0228. The smallest absolute Gasteiger partial charge is 0.237 e. The predicted molar refractivity (Wildman–Crippen MR) is 59.5 cm³/mol. The molecule has 3 atom stereocenters. The molecule has 1 N–H and O–H groups in total. The van der Waals surface area contributed by atoms with E-state index in [2.05, 4.69) is 12.2 Å². The number of rotatable bonds is 2. The number of nitrogens with one attached hydrogen (secondary N) is 1. The molecule has 0 aromatic carbocycles. The molecule has 1 aliphatic rings. The highest BCUT2D eigenvalue weighted by molar-refractivity contribution is 6.30. The van der Waals surface area contributed by atoms with Crippen LogP contribution in [0, 0.1) is 5.92 Å². The maximum absolute atomic E-state index is 11.4. The van der Waals surface area contributed by atoms with Crippen LogP contribution in [0.25, 0.3) is 0 Å². The Balaban J connectivity index is 2.44. The number of carbonyl (C=O) groups excluding carboxylic acids is 1. The van der Waals surface area contributed by atoms with Gasteiger partial charge in [0.15, 0.2) is 0 Å². The molecule has 3 unspecified atom stereocenters. The van der Waals surface area contributed by atoms with Crippen LogP contribution in [0.3, 0.4) is 0 Å². The summed E-state index contributed by atoms with van der Waals surface area (Å²) in [5, 5.41) is 2.63. The summed E-state index contributed by atoms with van der Waals surface area (Å²) in [4.78, 5) is 11.4. The number of alkyl halides is 1. The lowest BCUT2D eigenvalue weighted by Crippen LogP contribution is -2.41. The van der Waals surface area contributed by atoms with Crippen LogP contribution in [0.4, 0.5) is 0 Å². The Kier molecular flexibility index (Phi) is 4.73. The molecule has 0 radical (unpaired) electrons. The van der Waals surface area contributed by atoms with Crippen molar-refractivity contribution in [1.29, 1.82) is 0 Å². The van der Waals surface area contributed by atoms with Crippen molar-refractivity contribution in [1.82, 2.24) is 5.32 Å². The van der Waals surface area contributed by atoms with Gasteiger partial charge in [0, 0.05) is 6.04 Å². The van der Waals surface area contributed by atoms with Gasteiger partial charge in [-0.1, -0.05) is 26.2 Å². The fourth-order valence-corrected chi connectivity index (χ4v) is 2.07. The van der Waals surface area contributed by atoms with Crippen LogP contribution in [0.1, 0.15) is 46.0 Å². The first-order valence-corrected chi connectivity index (χ1v) is 5.99. The van der Waals surface area contributed by atoms with Gasteiger partial charge in [-0.05, 0) is 25.7 Å². The van der Waals surface area contributed by atoms with E-state index in [9.17, 15) is 4.79 Å². The molecule has 2 nitrogen and oxygen atoms in total. The molecule has 0 aromatic rings. The van der Waals surface area contributed by atoms with E-state index >= 15 is 0 Å². The molecular weight excluding hydrogens is 198 g/mol. The fourth-order valence-electron chi connectivity index (χ4n) is 2.01. The zero-order chi connectivity index (χ0) is 10.6. The number of hydrogen-bond acceptors (Lipinski definition) is 1. The summed E-state index contributed by atoms with van der Waals surface area (Å²) in [6.45, 7) is 3.94. The van der Waals surface area contributed by atoms with Crippen molar-refractivity contribution in [2.24, 2.45) is 5.92 Å². The van der Waals surface area contributed by atoms with E-state index in [0.717, 1.165) is 6.42 Å². The third kappa shape index (κ3) is 3.49. The first-order valence-electron chi connectivity index (χ1n) is 5.55. The first kappa shape index (κ1) is 11.8. The summed E-state index contributed by atoms with van der Waals surface area (Å²) >= 11 is 5.72. The molecule has 1 amide bonds. The maximum atomic E-state index is 11.4. The second kappa shape index (κ2) is 5.59. The van der Waals surface area contributed by atoms with Gasteiger partial charge in [-0.15, -0.1) is 11.6 Å². The van der Waals surface area contributed by atoms with Gasteiger partial charge >= 0.3 is 0 Å². The molecule has 0 aromatic heterocycles. The van der Waals surface area contributed by atoms with Crippen LogP contribution in [-0.4, -0.2) is 17.3 Å². The van der Waals surface area contributed by atoms with Gasteiger partial charge in [-0.2, -0.15) is 0 Å².